The predicted octanol–water partition coefficient (Wildman–Crippen LogP) is 4.69. The first kappa shape index (κ1) is 11.8. The highest BCUT2D eigenvalue weighted by Crippen LogP contribution is 2.26. The van der Waals surface area contributed by atoms with Crippen LogP contribution < -0.4 is 4.74 Å². The molecule has 0 heterocycles. The lowest BCUT2D eigenvalue weighted by molar-refractivity contribution is 0.246. The first-order valence-corrected chi connectivity index (χ1v) is 6.61. The van der Waals surface area contributed by atoms with Crippen molar-refractivity contribution < 1.29 is 4.74 Å². The minimum absolute atomic E-state index is 0.746. The van der Waals surface area contributed by atoms with Crippen LogP contribution in [0.2, 0.25) is 5.02 Å². The van der Waals surface area contributed by atoms with Gasteiger partial charge in [-0.25, -0.2) is 0 Å². The van der Waals surface area contributed by atoms with Gasteiger partial charge in [0, 0.05) is 5.02 Å². The Bertz CT molecular complexity index is 318. The van der Waals surface area contributed by atoms with Crippen LogP contribution in [0.5, 0.6) is 5.75 Å². The van der Waals surface area contributed by atoms with Crippen LogP contribution in [-0.2, 0) is 0 Å². The Morgan fingerprint density at radius 2 is 2.00 bits per heavy atom. The van der Waals surface area contributed by atoms with Crippen LogP contribution in [0.3, 0.4) is 0 Å². The third kappa shape index (κ3) is 3.71. The van der Waals surface area contributed by atoms with Crippen molar-refractivity contribution in [2.75, 3.05) is 6.61 Å². The summed E-state index contributed by atoms with van der Waals surface area (Å²) in [6, 6.07) is 7.64. The predicted molar refractivity (Wildman–Crippen MR) is 68.1 cm³/mol. The summed E-state index contributed by atoms with van der Waals surface area (Å²) < 4.78 is 5.71. The van der Waals surface area contributed by atoms with E-state index in [2.05, 4.69) is 0 Å². The van der Waals surface area contributed by atoms with E-state index >= 15 is 0 Å². The van der Waals surface area contributed by atoms with Crippen LogP contribution in [0.25, 0.3) is 0 Å². The molecule has 88 valence electrons. The molecule has 1 fully saturated rings. The van der Waals surface area contributed by atoms with Crippen molar-refractivity contribution in [2.45, 2.75) is 38.5 Å². The first-order valence-electron chi connectivity index (χ1n) is 6.23. The largest absolute Gasteiger partial charge is 0.494 e. The normalized spacial score (nSPS) is 17.3. The summed E-state index contributed by atoms with van der Waals surface area (Å²) in [5.74, 6) is 1.77. The molecule has 0 atom stereocenters. The molecule has 16 heavy (non-hydrogen) atoms. The average Bonchev–Trinajstić information content (AvgIpc) is 2.30. The van der Waals surface area contributed by atoms with Gasteiger partial charge in [0.05, 0.1) is 6.61 Å². The minimum Gasteiger partial charge on any atom is -0.494 e. The summed E-state index contributed by atoms with van der Waals surface area (Å²) in [5, 5.41) is 0.746. The van der Waals surface area contributed by atoms with Crippen LogP contribution in [0, 0.1) is 5.92 Å². The van der Waals surface area contributed by atoms with Crippen LogP contribution in [0.15, 0.2) is 24.3 Å². The molecule has 2 rings (SSSR count). The van der Waals surface area contributed by atoms with Crippen molar-refractivity contribution in [3.8, 4) is 5.75 Å². The smallest absolute Gasteiger partial charge is 0.120 e. The van der Waals surface area contributed by atoms with Gasteiger partial charge in [0.2, 0.25) is 0 Å². The van der Waals surface area contributed by atoms with Crippen molar-refractivity contribution in [1.29, 1.82) is 0 Å². The zero-order valence-corrected chi connectivity index (χ0v) is 10.4. The molecule has 1 nitrogen and oxygen atoms in total. The van der Waals surface area contributed by atoms with E-state index in [1.165, 1.54) is 38.5 Å². The molecule has 1 aliphatic rings. The molecule has 2 heteroatoms. The molecule has 0 N–H and O–H groups in total. The van der Waals surface area contributed by atoms with Crippen molar-refractivity contribution in [3.63, 3.8) is 0 Å². The Hall–Kier alpha value is -0.690. The van der Waals surface area contributed by atoms with Crippen LogP contribution in [0.1, 0.15) is 38.5 Å². The van der Waals surface area contributed by atoms with E-state index in [1.54, 1.807) is 0 Å². The topological polar surface area (TPSA) is 9.23 Å². The summed E-state index contributed by atoms with van der Waals surface area (Å²) in [6.07, 6.45) is 8.19. The van der Waals surface area contributed by atoms with E-state index in [1.807, 2.05) is 24.3 Å². The number of hydrogen-bond donors (Lipinski definition) is 0. The number of halogens is 1. The van der Waals surface area contributed by atoms with Gasteiger partial charge in [-0.15, -0.1) is 0 Å². The van der Waals surface area contributed by atoms with Gasteiger partial charge < -0.3 is 4.74 Å². The molecule has 0 unspecified atom stereocenters. The van der Waals surface area contributed by atoms with Gasteiger partial charge in [-0.3, -0.25) is 0 Å². The maximum Gasteiger partial charge on any atom is 0.120 e. The Labute approximate surface area is 103 Å². The highest BCUT2D eigenvalue weighted by atomic mass is 35.5. The summed E-state index contributed by atoms with van der Waals surface area (Å²) in [7, 11) is 0. The molecule has 0 spiro atoms. The molecular weight excluding hydrogens is 220 g/mol. The van der Waals surface area contributed by atoms with E-state index in [0.717, 1.165) is 23.3 Å². The molecule has 0 bridgehead atoms. The number of hydrogen-bond acceptors (Lipinski definition) is 1. The van der Waals surface area contributed by atoms with E-state index in [-0.39, 0.29) is 0 Å². The van der Waals surface area contributed by atoms with Crippen LogP contribution in [-0.4, -0.2) is 6.61 Å². The Morgan fingerprint density at radius 1 is 1.19 bits per heavy atom. The second-order valence-corrected chi connectivity index (χ2v) is 5.03. The second kappa shape index (κ2) is 6.15. The summed E-state index contributed by atoms with van der Waals surface area (Å²) in [5.41, 5.74) is 0. The van der Waals surface area contributed by atoms with Crippen molar-refractivity contribution in [2.24, 2.45) is 5.92 Å². The molecule has 1 aromatic carbocycles. The van der Waals surface area contributed by atoms with Gasteiger partial charge in [-0.2, -0.15) is 0 Å². The molecule has 0 aliphatic heterocycles. The van der Waals surface area contributed by atoms with Gasteiger partial charge in [-0.1, -0.05) is 49.8 Å². The number of ether oxygens (including phenoxy) is 1. The summed E-state index contributed by atoms with van der Waals surface area (Å²) >= 11 is 5.89. The number of rotatable bonds is 4. The minimum atomic E-state index is 0.746. The molecule has 0 radical (unpaired) electrons. The van der Waals surface area contributed by atoms with Crippen LogP contribution in [0.4, 0.5) is 0 Å². The molecule has 0 amide bonds. The Balaban J connectivity index is 1.71. The Kier molecular flexibility index (Phi) is 4.53. The quantitative estimate of drug-likeness (QED) is 0.740. The van der Waals surface area contributed by atoms with Crippen molar-refractivity contribution in [1.82, 2.24) is 0 Å². The fourth-order valence-corrected chi connectivity index (χ4v) is 2.56. The maximum absolute atomic E-state index is 5.89. The highest BCUT2D eigenvalue weighted by Gasteiger charge is 2.12. The van der Waals surface area contributed by atoms with Gasteiger partial charge >= 0.3 is 0 Å². The standard InChI is InChI=1S/C14H19ClO/c15-13-7-4-8-14(11-13)16-10-9-12-5-2-1-3-6-12/h4,7-8,11-12H,1-3,5-6,9-10H2. The monoisotopic (exact) mass is 238 g/mol. The molecule has 0 aromatic heterocycles. The zero-order valence-electron chi connectivity index (χ0n) is 9.62. The average molecular weight is 239 g/mol. The summed E-state index contributed by atoms with van der Waals surface area (Å²) in [6.45, 7) is 0.824. The van der Waals surface area contributed by atoms with Gasteiger partial charge in [0.1, 0.15) is 5.75 Å². The Morgan fingerprint density at radius 3 is 2.75 bits per heavy atom. The second-order valence-electron chi connectivity index (χ2n) is 4.60. The zero-order chi connectivity index (χ0) is 11.2. The molecular formula is C14H19ClO. The highest BCUT2D eigenvalue weighted by molar-refractivity contribution is 6.30. The van der Waals surface area contributed by atoms with Crippen molar-refractivity contribution >= 4 is 11.6 Å². The molecule has 1 aromatic rings. The van der Waals surface area contributed by atoms with Crippen LogP contribution >= 0.6 is 11.6 Å². The maximum atomic E-state index is 5.89. The summed E-state index contributed by atoms with van der Waals surface area (Å²) in [4.78, 5) is 0. The molecule has 0 saturated heterocycles. The SMILES string of the molecule is Clc1cccc(OCCC2CCCCC2)c1. The third-order valence-corrected chi connectivity index (χ3v) is 3.55. The van der Waals surface area contributed by atoms with Crippen molar-refractivity contribution in [3.05, 3.63) is 29.3 Å². The fraction of sp³-hybridized carbons (Fsp3) is 0.571. The number of benzene rings is 1. The van der Waals surface area contributed by atoms with E-state index in [4.69, 9.17) is 16.3 Å². The lowest BCUT2D eigenvalue weighted by Crippen LogP contribution is -2.10. The van der Waals surface area contributed by atoms with Gasteiger partial charge in [-0.05, 0) is 30.5 Å². The molecule has 1 aliphatic carbocycles. The van der Waals surface area contributed by atoms with E-state index in [9.17, 15) is 0 Å². The fourth-order valence-electron chi connectivity index (χ4n) is 2.38. The van der Waals surface area contributed by atoms with Gasteiger partial charge in [0.25, 0.3) is 0 Å². The third-order valence-electron chi connectivity index (χ3n) is 3.32. The first-order chi connectivity index (χ1) is 7.84. The lowest BCUT2D eigenvalue weighted by atomic mass is 9.87. The lowest BCUT2D eigenvalue weighted by Gasteiger charge is -2.21. The van der Waals surface area contributed by atoms with E-state index in [0.29, 0.717) is 0 Å². The molecule has 1 saturated carbocycles. The van der Waals surface area contributed by atoms with Gasteiger partial charge in [0.15, 0.2) is 0 Å². The van der Waals surface area contributed by atoms with E-state index < -0.39 is 0 Å².